The molecule has 0 atom stereocenters. The zero-order chi connectivity index (χ0) is 14.0. The Morgan fingerprint density at radius 1 is 1.32 bits per heavy atom. The summed E-state index contributed by atoms with van der Waals surface area (Å²) in [4.78, 5) is 9.76. The van der Waals surface area contributed by atoms with Gasteiger partial charge in [-0.25, -0.2) is 13.6 Å². The van der Waals surface area contributed by atoms with Gasteiger partial charge in [-0.15, -0.1) is 0 Å². The number of benzene rings is 1. The summed E-state index contributed by atoms with van der Waals surface area (Å²) in [6.07, 6.45) is 5.53. The molecule has 102 valence electrons. The number of nitro groups is 1. The minimum atomic E-state index is -4.02. The lowest BCUT2D eigenvalue weighted by atomic mass is 10.2. The fourth-order valence-electron chi connectivity index (χ4n) is 1.93. The van der Waals surface area contributed by atoms with E-state index in [0.29, 0.717) is 5.69 Å². The summed E-state index contributed by atoms with van der Waals surface area (Å²) < 4.78 is 23.0. The van der Waals surface area contributed by atoms with Gasteiger partial charge in [-0.05, 0) is 18.9 Å². The molecular weight excluding hydrogens is 270 g/mol. The number of nitrogens with two attached hydrogens (primary N) is 1. The normalized spacial score (nSPS) is 15.6. The van der Waals surface area contributed by atoms with Crippen molar-refractivity contribution in [2.24, 2.45) is 5.14 Å². The second-order valence-corrected chi connectivity index (χ2v) is 5.80. The Morgan fingerprint density at radius 2 is 1.95 bits per heavy atom. The van der Waals surface area contributed by atoms with Crippen molar-refractivity contribution < 1.29 is 13.3 Å². The van der Waals surface area contributed by atoms with Crippen LogP contribution in [0.4, 0.5) is 11.4 Å². The van der Waals surface area contributed by atoms with E-state index in [0.717, 1.165) is 18.9 Å². The molecule has 0 aliphatic heterocycles. The second kappa shape index (κ2) is 4.98. The van der Waals surface area contributed by atoms with Gasteiger partial charge < -0.3 is 5.32 Å². The number of primary sulfonamides is 1. The first kappa shape index (κ1) is 13.5. The number of nitro benzene ring substituents is 1. The van der Waals surface area contributed by atoms with Crippen LogP contribution in [0, 0.1) is 10.1 Å². The van der Waals surface area contributed by atoms with E-state index in [2.05, 4.69) is 5.32 Å². The molecule has 0 unspecified atom stereocenters. The lowest BCUT2D eigenvalue weighted by Gasteiger charge is -2.16. The summed E-state index contributed by atoms with van der Waals surface area (Å²) in [7, 11) is -4.02. The first-order valence-electron chi connectivity index (χ1n) is 5.60. The molecule has 0 saturated heterocycles. The molecule has 0 spiro atoms. The maximum atomic E-state index is 11.5. The van der Waals surface area contributed by atoms with Crippen molar-refractivity contribution in [1.29, 1.82) is 0 Å². The molecular formula is C11H13N3O4S. The maximum Gasteiger partial charge on any atom is 0.270 e. The third-order valence-corrected chi connectivity index (χ3v) is 3.80. The number of nitrogens with zero attached hydrogens (tertiary/aromatic N) is 1. The zero-order valence-corrected chi connectivity index (χ0v) is 10.8. The van der Waals surface area contributed by atoms with Crippen LogP contribution in [0.1, 0.15) is 12.8 Å². The minimum Gasteiger partial charge on any atom is -0.381 e. The van der Waals surface area contributed by atoms with E-state index in [4.69, 9.17) is 5.14 Å². The number of anilines is 1. The summed E-state index contributed by atoms with van der Waals surface area (Å²) in [6.45, 7) is 0. The quantitative estimate of drug-likeness (QED) is 0.492. The topological polar surface area (TPSA) is 115 Å². The average Bonchev–Trinajstić information content (AvgIpc) is 2.80. The van der Waals surface area contributed by atoms with E-state index in [1.54, 1.807) is 0 Å². The predicted octanol–water partition coefficient (Wildman–Crippen LogP) is 1.37. The van der Waals surface area contributed by atoms with Gasteiger partial charge in [-0.3, -0.25) is 10.1 Å². The molecule has 1 aliphatic carbocycles. The smallest absolute Gasteiger partial charge is 0.270 e. The Morgan fingerprint density at radius 3 is 2.47 bits per heavy atom. The highest BCUT2D eigenvalue weighted by Crippen LogP contribution is 2.27. The second-order valence-electron chi connectivity index (χ2n) is 4.27. The molecule has 0 bridgehead atoms. The summed E-state index contributed by atoms with van der Waals surface area (Å²) >= 11 is 0. The lowest BCUT2D eigenvalue weighted by molar-refractivity contribution is -0.385. The van der Waals surface area contributed by atoms with E-state index >= 15 is 0 Å². The lowest BCUT2D eigenvalue weighted by Crippen LogP contribution is -2.20. The third kappa shape index (κ3) is 3.09. The Kier molecular flexibility index (Phi) is 3.54. The number of nitrogens with one attached hydrogen (secondary N) is 1. The first-order valence-corrected chi connectivity index (χ1v) is 7.15. The first-order chi connectivity index (χ1) is 8.88. The van der Waals surface area contributed by atoms with E-state index in [-0.39, 0.29) is 16.6 Å². The molecule has 0 aromatic heterocycles. The number of non-ortho nitro benzene ring substituents is 1. The highest BCUT2D eigenvalue weighted by atomic mass is 32.2. The van der Waals surface area contributed by atoms with E-state index in [1.807, 2.05) is 12.2 Å². The molecule has 0 radical (unpaired) electrons. The van der Waals surface area contributed by atoms with Crippen LogP contribution in [0.3, 0.4) is 0 Å². The minimum absolute atomic E-state index is 0.0851. The number of hydrogen-bond donors (Lipinski definition) is 2. The highest BCUT2D eigenvalue weighted by molar-refractivity contribution is 7.89. The standard InChI is InChI=1S/C11H13N3O4S/c12-19(17,18)11-7-9(14(15)16)5-6-10(11)13-8-3-1-2-4-8/h1-2,5-8,13H,3-4H2,(H2,12,17,18). The Hall–Kier alpha value is -1.93. The van der Waals surface area contributed by atoms with Gasteiger partial charge in [-0.1, -0.05) is 12.2 Å². The van der Waals surface area contributed by atoms with Gasteiger partial charge in [-0.2, -0.15) is 0 Å². The summed E-state index contributed by atoms with van der Waals surface area (Å²) in [5, 5.41) is 18.8. The van der Waals surface area contributed by atoms with Crippen molar-refractivity contribution in [3.63, 3.8) is 0 Å². The fourth-order valence-corrected chi connectivity index (χ4v) is 2.65. The van der Waals surface area contributed by atoms with Crippen molar-refractivity contribution in [2.45, 2.75) is 23.8 Å². The maximum absolute atomic E-state index is 11.5. The number of rotatable bonds is 4. The molecule has 19 heavy (non-hydrogen) atoms. The van der Waals surface area contributed by atoms with Crippen LogP contribution in [0.25, 0.3) is 0 Å². The zero-order valence-electron chi connectivity index (χ0n) is 9.94. The average molecular weight is 283 g/mol. The van der Waals surface area contributed by atoms with Gasteiger partial charge in [0.2, 0.25) is 10.0 Å². The van der Waals surface area contributed by atoms with Crippen molar-refractivity contribution in [3.8, 4) is 0 Å². The molecule has 0 amide bonds. The van der Waals surface area contributed by atoms with Crippen molar-refractivity contribution in [3.05, 3.63) is 40.5 Å². The molecule has 7 nitrogen and oxygen atoms in total. The van der Waals surface area contributed by atoms with Gasteiger partial charge in [0.15, 0.2) is 0 Å². The van der Waals surface area contributed by atoms with Crippen molar-refractivity contribution in [2.75, 3.05) is 5.32 Å². The number of hydrogen-bond acceptors (Lipinski definition) is 5. The summed E-state index contributed by atoms with van der Waals surface area (Å²) in [6, 6.07) is 3.68. The fraction of sp³-hybridized carbons (Fsp3) is 0.273. The highest BCUT2D eigenvalue weighted by Gasteiger charge is 2.21. The van der Waals surface area contributed by atoms with E-state index < -0.39 is 14.9 Å². The molecule has 2 rings (SSSR count). The molecule has 0 heterocycles. The molecule has 0 fully saturated rings. The Balaban J connectivity index is 2.39. The van der Waals surface area contributed by atoms with Crippen LogP contribution in [-0.4, -0.2) is 19.4 Å². The summed E-state index contributed by atoms with van der Waals surface area (Å²) in [5.74, 6) is 0. The molecule has 3 N–H and O–H groups in total. The van der Waals surface area contributed by atoms with Gasteiger partial charge >= 0.3 is 0 Å². The van der Waals surface area contributed by atoms with Crippen LogP contribution < -0.4 is 10.5 Å². The van der Waals surface area contributed by atoms with Crippen LogP contribution in [0.2, 0.25) is 0 Å². The van der Waals surface area contributed by atoms with E-state index in [1.165, 1.54) is 12.1 Å². The third-order valence-electron chi connectivity index (χ3n) is 2.85. The van der Waals surface area contributed by atoms with Crippen molar-refractivity contribution >= 4 is 21.4 Å². The van der Waals surface area contributed by atoms with Crippen LogP contribution >= 0.6 is 0 Å². The largest absolute Gasteiger partial charge is 0.381 e. The van der Waals surface area contributed by atoms with Gasteiger partial charge in [0.25, 0.3) is 5.69 Å². The van der Waals surface area contributed by atoms with Crippen LogP contribution in [0.15, 0.2) is 35.2 Å². The van der Waals surface area contributed by atoms with Crippen LogP contribution in [-0.2, 0) is 10.0 Å². The molecule has 0 saturated carbocycles. The molecule has 8 heteroatoms. The summed E-state index contributed by atoms with van der Waals surface area (Å²) in [5.41, 5.74) is -0.0130. The predicted molar refractivity (Wildman–Crippen MR) is 70.3 cm³/mol. The SMILES string of the molecule is NS(=O)(=O)c1cc([N+](=O)[O-])ccc1NC1CC=CC1. The van der Waals surface area contributed by atoms with Crippen LogP contribution in [0.5, 0.6) is 0 Å². The molecule has 1 aliphatic rings. The number of sulfonamides is 1. The molecule has 1 aromatic rings. The Labute approximate surface area is 110 Å². The molecule has 1 aromatic carbocycles. The van der Waals surface area contributed by atoms with Gasteiger partial charge in [0.05, 0.1) is 10.6 Å². The Bertz CT molecular complexity index is 631. The van der Waals surface area contributed by atoms with E-state index in [9.17, 15) is 18.5 Å². The van der Waals surface area contributed by atoms with Gasteiger partial charge in [0.1, 0.15) is 4.90 Å². The van der Waals surface area contributed by atoms with Crippen molar-refractivity contribution in [1.82, 2.24) is 0 Å². The monoisotopic (exact) mass is 283 g/mol. The van der Waals surface area contributed by atoms with Gasteiger partial charge in [0, 0.05) is 18.2 Å².